The second-order valence-electron chi connectivity index (χ2n) is 1.61. The Balaban J connectivity index is 3.17. The summed E-state index contributed by atoms with van der Waals surface area (Å²) in [6.45, 7) is 0. The highest BCUT2D eigenvalue weighted by Crippen LogP contribution is 2.12. The Morgan fingerprint density at radius 1 is 1.80 bits per heavy atom. The molecule has 0 saturated heterocycles. The summed E-state index contributed by atoms with van der Waals surface area (Å²) in [4.78, 5) is 11.8. The van der Waals surface area contributed by atoms with Gasteiger partial charge in [-0.2, -0.15) is 5.26 Å². The van der Waals surface area contributed by atoms with Crippen LogP contribution in [0.15, 0.2) is 12.3 Å². The van der Waals surface area contributed by atoms with Crippen LogP contribution in [0, 0.1) is 21.4 Å². The van der Waals surface area contributed by atoms with Crippen molar-refractivity contribution in [3.05, 3.63) is 27.9 Å². The van der Waals surface area contributed by atoms with Crippen LogP contribution in [-0.2, 0) is 0 Å². The van der Waals surface area contributed by atoms with E-state index in [1.807, 2.05) is 0 Å². The Kier molecular flexibility index (Phi) is 1.38. The molecule has 0 fully saturated rings. The van der Waals surface area contributed by atoms with Crippen LogP contribution < -0.4 is 0 Å². The van der Waals surface area contributed by atoms with Crippen LogP contribution in [0.5, 0.6) is 0 Å². The third kappa shape index (κ3) is 0.821. The molecule has 1 aromatic heterocycles. The smallest absolute Gasteiger partial charge is 0.338 e. The van der Waals surface area contributed by atoms with Crippen molar-refractivity contribution < 1.29 is 4.92 Å². The minimum Gasteiger partial charge on any atom is -0.358 e. The average Bonchev–Trinajstić information content (AvgIpc) is 2.33. The van der Waals surface area contributed by atoms with Crippen molar-refractivity contribution in [2.24, 2.45) is 0 Å². The quantitative estimate of drug-likeness (QED) is 0.458. The minimum absolute atomic E-state index is 0.0602. The van der Waals surface area contributed by atoms with Gasteiger partial charge in [-0.25, -0.2) is 4.98 Å². The second kappa shape index (κ2) is 2.19. The maximum absolute atomic E-state index is 10.1. The molecule has 0 aromatic carbocycles. The number of H-pyrrole nitrogens is 1. The summed E-state index contributed by atoms with van der Waals surface area (Å²) in [5.74, 6) is -0.248. The van der Waals surface area contributed by atoms with E-state index in [9.17, 15) is 10.1 Å². The summed E-state index contributed by atoms with van der Waals surface area (Å²) in [5, 5.41) is 18.3. The molecule has 0 spiro atoms. The first-order chi connectivity index (χ1) is 4.75. The van der Waals surface area contributed by atoms with Crippen LogP contribution in [0.1, 0.15) is 5.56 Å². The fourth-order valence-corrected chi connectivity index (χ4v) is 0.602. The first kappa shape index (κ1) is 6.29. The highest BCUT2D eigenvalue weighted by atomic mass is 16.6. The largest absolute Gasteiger partial charge is 0.358 e. The lowest BCUT2D eigenvalue weighted by molar-refractivity contribution is -0.389. The van der Waals surface area contributed by atoms with Crippen LogP contribution in [0.2, 0.25) is 0 Å². The topological polar surface area (TPSA) is 82.7 Å². The summed E-state index contributed by atoms with van der Waals surface area (Å²) in [7, 11) is 0. The third-order valence-electron chi connectivity index (χ3n) is 1.03. The Labute approximate surface area is 56.1 Å². The second-order valence-corrected chi connectivity index (χ2v) is 1.61. The average molecular weight is 137 g/mol. The van der Waals surface area contributed by atoms with Gasteiger partial charge in [-0.05, 0) is 4.92 Å². The van der Waals surface area contributed by atoms with Crippen molar-refractivity contribution in [3.8, 4) is 6.07 Å². The zero-order valence-electron chi connectivity index (χ0n) is 4.87. The third-order valence-corrected chi connectivity index (χ3v) is 1.03. The van der Waals surface area contributed by atoms with Crippen molar-refractivity contribution >= 4 is 5.82 Å². The zero-order chi connectivity index (χ0) is 7.56. The summed E-state index contributed by atoms with van der Waals surface area (Å²) in [6.07, 6.45) is 1.36. The predicted molar refractivity (Wildman–Crippen MR) is 32.2 cm³/mol. The van der Waals surface area contributed by atoms with Crippen molar-refractivity contribution in [2.45, 2.75) is 0 Å². The van der Waals surface area contributed by atoms with Crippen LogP contribution in [0.4, 0.5) is 5.82 Å². The van der Waals surface area contributed by atoms with Gasteiger partial charge < -0.3 is 10.1 Å². The number of aromatic amines is 1. The Morgan fingerprint density at radius 2 is 2.50 bits per heavy atom. The molecule has 0 aliphatic rings. The fraction of sp³-hybridized carbons (Fsp3) is 0. The lowest BCUT2D eigenvalue weighted by Crippen LogP contribution is -1.89. The molecule has 1 aromatic rings. The molecule has 0 atom stereocenters. The molecule has 1 rings (SSSR count). The normalized spacial score (nSPS) is 8.70. The van der Waals surface area contributed by atoms with Gasteiger partial charge in [-0.1, -0.05) is 0 Å². The molecule has 10 heavy (non-hydrogen) atoms. The molecule has 0 aliphatic heterocycles. The van der Waals surface area contributed by atoms with Crippen molar-refractivity contribution in [3.63, 3.8) is 0 Å². The maximum atomic E-state index is 10.1. The molecule has 0 unspecified atom stereocenters. The lowest BCUT2D eigenvalue weighted by atomic mass is 10.3. The van der Waals surface area contributed by atoms with Gasteiger partial charge in [-0.3, -0.25) is 0 Å². The van der Waals surface area contributed by atoms with E-state index in [0.717, 1.165) is 0 Å². The number of nitrogens with one attached hydrogen (secondary N) is 1. The summed E-state index contributed by atoms with van der Waals surface area (Å²) in [5.41, 5.74) is 0.0602. The molecule has 0 radical (unpaired) electrons. The van der Waals surface area contributed by atoms with Crippen LogP contribution in [0.25, 0.3) is 0 Å². The first-order valence-electron chi connectivity index (χ1n) is 2.47. The number of aromatic nitrogens is 1. The highest BCUT2D eigenvalue weighted by Gasteiger charge is 2.10. The van der Waals surface area contributed by atoms with Gasteiger partial charge in [0.2, 0.25) is 0 Å². The van der Waals surface area contributed by atoms with E-state index < -0.39 is 4.92 Å². The lowest BCUT2D eigenvalue weighted by Gasteiger charge is -1.87. The van der Waals surface area contributed by atoms with Gasteiger partial charge in [0, 0.05) is 6.07 Å². The molecule has 5 heteroatoms. The molecular formula is C5H3N3O2. The molecule has 50 valence electrons. The Bertz CT molecular complexity index is 296. The maximum Gasteiger partial charge on any atom is 0.338 e. The molecule has 0 saturated carbocycles. The van der Waals surface area contributed by atoms with Gasteiger partial charge in [0.15, 0.2) is 0 Å². The highest BCUT2D eigenvalue weighted by molar-refractivity contribution is 5.42. The van der Waals surface area contributed by atoms with Gasteiger partial charge in [-0.15, -0.1) is 0 Å². The van der Waals surface area contributed by atoms with Crippen molar-refractivity contribution in [1.82, 2.24) is 4.98 Å². The molecule has 0 aliphatic carbocycles. The predicted octanol–water partition coefficient (Wildman–Crippen LogP) is 0.795. The molecule has 1 N–H and O–H groups in total. The summed E-state index contributed by atoms with van der Waals surface area (Å²) in [6, 6.07) is 3.04. The van der Waals surface area contributed by atoms with Crippen LogP contribution in [0.3, 0.4) is 0 Å². The van der Waals surface area contributed by atoms with Crippen LogP contribution in [-0.4, -0.2) is 9.91 Å². The number of rotatable bonds is 1. The number of nitrogens with zero attached hydrogens (tertiary/aromatic N) is 2. The Morgan fingerprint density at radius 3 is 2.90 bits per heavy atom. The van der Waals surface area contributed by atoms with Gasteiger partial charge >= 0.3 is 5.82 Å². The number of nitro groups is 1. The minimum atomic E-state index is -0.626. The number of hydrogen-bond donors (Lipinski definition) is 1. The van der Waals surface area contributed by atoms with Crippen molar-refractivity contribution in [2.75, 3.05) is 0 Å². The van der Waals surface area contributed by atoms with Gasteiger partial charge in [0.1, 0.15) is 11.6 Å². The zero-order valence-corrected chi connectivity index (χ0v) is 4.87. The Hall–Kier alpha value is -1.83. The molecule has 0 amide bonds. The number of hydrogen-bond acceptors (Lipinski definition) is 3. The monoisotopic (exact) mass is 137 g/mol. The number of nitriles is 1. The van der Waals surface area contributed by atoms with Gasteiger partial charge in [0.25, 0.3) is 0 Å². The van der Waals surface area contributed by atoms with E-state index in [1.54, 1.807) is 6.07 Å². The molecule has 1 heterocycles. The molecule has 5 nitrogen and oxygen atoms in total. The van der Waals surface area contributed by atoms with Gasteiger partial charge in [0.05, 0.1) is 6.20 Å². The standard InChI is InChI=1S/C5H3N3O2/c6-3-4-1-2-7-5(4)8(9)10/h1-2,7H. The van der Waals surface area contributed by atoms with Crippen LogP contribution >= 0.6 is 0 Å². The van der Waals surface area contributed by atoms with E-state index in [1.165, 1.54) is 12.3 Å². The molecule has 0 bridgehead atoms. The molecular weight excluding hydrogens is 134 g/mol. The first-order valence-corrected chi connectivity index (χ1v) is 2.47. The van der Waals surface area contributed by atoms with E-state index >= 15 is 0 Å². The van der Waals surface area contributed by atoms with E-state index in [2.05, 4.69) is 4.98 Å². The fourth-order valence-electron chi connectivity index (χ4n) is 0.602. The summed E-state index contributed by atoms with van der Waals surface area (Å²) < 4.78 is 0. The SMILES string of the molecule is N#Cc1cc[nH]c1[N+](=O)[O-]. The van der Waals surface area contributed by atoms with E-state index in [0.29, 0.717) is 0 Å². The van der Waals surface area contributed by atoms with Crippen molar-refractivity contribution in [1.29, 1.82) is 5.26 Å². The van der Waals surface area contributed by atoms with E-state index in [4.69, 9.17) is 5.26 Å². The summed E-state index contributed by atoms with van der Waals surface area (Å²) >= 11 is 0. The van der Waals surface area contributed by atoms with E-state index in [-0.39, 0.29) is 11.4 Å².